The van der Waals surface area contributed by atoms with E-state index in [1.165, 1.54) is 0 Å². The minimum Gasteiger partial charge on any atom is -0.456 e. The smallest absolute Gasteiger partial charge is 0.201 e. The first kappa shape index (κ1) is 13.5. The number of rotatable bonds is 4. The van der Waals surface area contributed by atoms with E-state index >= 15 is 0 Å². The molecular weight excluding hydrogens is 304 g/mol. The molecule has 0 aliphatic rings. The lowest BCUT2D eigenvalue weighted by molar-refractivity contribution is 0.468. The van der Waals surface area contributed by atoms with E-state index in [0.717, 1.165) is 18.2 Å². The Morgan fingerprint density at radius 2 is 2.06 bits per heavy atom. The van der Waals surface area contributed by atoms with Crippen LogP contribution in [0, 0.1) is 11.6 Å². The van der Waals surface area contributed by atoms with Crippen LogP contribution in [0.25, 0.3) is 11.0 Å². The summed E-state index contributed by atoms with van der Waals surface area (Å²) in [7, 11) is 0. The van der Waals surface area contributed by atoms with Gasteiger partial charge in [-0.05, 0) is 35.0 Å². The zero-order valence-electron chi connectivity index (χ0n) is 10.2. The average molecular weight is 318 g/mol. The van der Waals surface area contributed by atoms with Gasteiger partial charge in [-0.1, -0.05) is 13.8 Å². The summed E-state index contributed by atoms with van der Waals surface area (Å²) in [6.45, 7) is 5.25. The Morgan fingerprint density at radius 3 is 2.67 bits per heavy atom. The molecule has 1 N–H and O–H groups in total. The number of hydrogen-bond donors (Lipinski definition) is 1. The van der Waals surface area contributed by atoms with Gasteiger partial charge in [-0.15, -0.1) is 0 Å². The van der Waals surface area contributed by atoms with Crippen LogP contribution < -0.4 is 5.32 Å². The highest BCUT2D eigenvalue weighted by molar-refractivity contribution is 9.10. The predicted octanol–water partition coefficient (Wildman–Crippen LogP) is 4.15. The van der Waals surface area contributed by atoms with Crippen LogP contribution in [-0.2, 0) is 13.0 Å². The number of fused-ring (bicyclic) bond motifs is 1. The van der Waals surface area contributed by atoms with E-state index in [4.69, 9.17) is 4.42 Å². The van der Waals surface area contributed by atoms with Crippen molar-refractivity contribution in [1.29, 1.82) is 0 Å². The molecule has 0 aliphatic heterocycles. The quantitative estimate of drug-likeness (QED) is 0.857. The normalized spacial score (nSPS) is 11.4. The highest BCUT2D eigenvalue weighted by Gasteiger charge is 2.20. The van der Waals surface area contributed by atoms with Gasteiger partial charge in [0.2, 0.25) is 5.82 Å². The van der Waals surface area contributed by atoms with E-state index in [9.17, 15) is 8.78 Å². The van der Waals surface area contributed by atoms with Gasteiger partial charge in [-0.2, -0.15) is 4.39 Å². The highest BCUT2D eigenvalue weighted by atomic mass is 79.9. The second-order valence-electron chi connectivity index (χ2n) is 4.00. The van der Waals surface area contributed by atoms with Crippen LogP contribution >= 0.6 is 15.9 Å². The highest BCUT2D eigenvalue weighted by Crippen LogP contribution is 2.35. The van der Waals surface area contributed by atoms with Crippen molar-refractivity contribution in [3.05, 3.63) is 33.5 Å². The molecule has 0 amide bonds. The van der Waals surface area contributed by atoms with Crippen LogP contribution in [0.15, 0.2) is 15.0 Å². The molecule has 0 aliphatic carbocycles. The zero-order valence-corrected chi connectivity index (χ0v) is 11.8. The first-order valence-corrected chi connectivity index (χ1v) is 6.67. The number of benzene rings is 1. The van der Waals surface area contributed by atoms with Crippen molar-refractivity contribution < 1.29 is 13.2 Å². The number of aryl methyl sites for hydroxylation is 1. The lowest BCUT2D eigenvalue weighted by Crippen LogP contribution is -2.12. The first-order chi connectivity index (χ1) is 8.60. The Kier molecular flexibility index (Phi) is 4.02. The van der Waals surface area contributed by atoms with Crippen molar-refractivity contribution in [2.75, 3.05) is 6.54 Å². The second-order valence-corrected chi connectivity index (χ2v) is 4.85. The fraction of sp³-hybridized carbons (Fsp3) is 0.385. The third kappa shape index (κ3) is 2.17. The van der Waals surface area contributed by atoms with Gasteiger partial charge < -0.3 is 9.73 Å². The summed E-state index contributed by atoms with van der Waals surface area (Å²) in [6.07, 6.45) is 0.706. The van der Waals surface area contributed by atoms with Crippen LogP contribution in [0.1, 0.15) is 25.2 Å². The van der Waals surface area contributed by atoms with Crippen molar-refractivity contribution in [2.45, 2.75) is 26.8 Å². The van der Waals surface area contributed by atoms with Crippen LogP contribution in [0.3, 0.4) is 0 Å². The molecule has 0 atom stereocenters. The van der Waals surface area contributed by atoms with Crippen molar-refractivity contribution in [1.82, 2.24) is 5.32 Å². The molecule has 5 heteroatoms. The third-order valence-electron chi connectivity index (χ3n) is 2.88. The van der Waals surface area contributed by atoms with Crippen molar-refractivity contribution in [3.63, 3.8) is 0 Å². The van der Waals surface area contributed by atoms with Crippen molar-refractivity contribution in [2.24, 2.45) is 0 Å². The third-order valence-corrected chi connectivity index (χ3v) is 3.51. The number of furan rings is 1. The maximum atomic E-state index is 13.7. The van der Waals surface area contributed by atoms with E-state index in [0.29, 0.717) is 28.6 Å². The molecule has 2 nitrogen and oxygen atoms in total. The van der Waals surface area contributed by atoms with Gasteiger partial charge in [-0.3, -0.25) is 0 Å². The van der Waals surface area contributed by atoms with E-state index in [2.05, 4.69) is 21.2 Å². The molecule has 1 aromatic heterocycles. The van der Waals surface area contributed by atoms with Gasteiger partial charge >= 0.3 is 0 Å². The lowest BCUT2D eigenvalue weighted by Gasteiger charge is -2.01. The molecule has 0 spiro atoms. The topological polar surface area (TPSA) is 25.2 Å². The Morgan fingerprint density at radius 1 is 1.33 bits per heavy atom. The standard InChI is InChI=1S/C13H14BrF2NO/c1-3-7-10(6-17-4-2)18-13-11(7)8(14)5-9(15)12(13)16/h5,17H,3-4,6H2,1-2H3. The molecular formula is C13H14BrF2NO. The summed E-state index contributed by atoms with van der Waals surface area (Å²) in [6, 6.07) is 1.14. The fourth-order valence-electron chi connectivity index (χ4n) is 2.03. The van der Waals surface area contributed by atoms with Crippen molar-refractivity contribution in [3.8, 4) is 0 Å². The Bertz CT molecular complexity index is 580. The molecule has 0 radical (unpaired) electrons. The average Bonchev–Trinajstić information content (AvgIpc) is 2.72. The zero-order chi connectivity index (χ0) is 13.3. The molecule has 98 valence electrons. The molecule has 2 aromatic rings. The number of nitrogens with one attached hydrogen (secondary N) is 1. The molecule has 1 aromatic carbocycles. The van der Waals surface area contributed by atoms with Crippen LogP contribution in [-0.4, -0.2) is 6.54 Å². The minimum absolute atomic E-state index is 0.00775. The van der Waals surface area contributed by atoms with Gasteiger partial charge in [0, 0.05) is 15.4 Å². The van der Waals surface area contributed by atoms with Crippen LogP contribution in [0.5, 0.6) is 0 Å². The largest absolute Gasteiger partial charge is 0.456 e. The van der Waals surface area contributed by atoms with E-state index in [-0.39, 0.29) is 5.58 Å². The Hall–Kier alpha value is -0.940. The van der Waals surface area contributed by atoms with Gasteiger partial charge in [-0.25, -0.2) is 4.39 Å². The lowest BCUT2D eigenvalue weighted by atomic mass is 10.1. The molecule has 1 heterocycles. The van der Waals surface area contributed by atoms with E-state index < -0.39 is 11.6 Å². The van der Waals surface area contributed by atoms with Gasteiger partial charge in [0.05, 0.1) is 6.54 Å². The SMILES string of the molecule is CCNCc1oc2c(F)c(F)cc(Br)c2c1CC. The summed E-state index contributed by atoms with van der Waals surface area (Å²) >= 11 is 3.27. The van der Waals surface area contributed by atoms with Gasteiger partial charge in [0.1, 0.15) is 5.76 Å². The second kappa shape index (κ2) is 5.36. The predicted molar refractivity (Wildman–Crippen MR) is 70.6 cm³/mol. The number of halogens is 3. The maximum Gasteiger partial charge on any atom is 0.201 e. The Labute approximate surface area is 112 Å². The summed E-state index contributed by atoms with van der Waals surface area (Å²) in [5.41, 5.74) is 0.906. The Balaban J connectivity index is 2.68. The monoisotopic (exact) mass is 317 g/mol. The van der Waals surface area contributed by atoms with Crippen molar-refractivity contribution >= 4 is 26.9 Å². The summed E-state index contributed by atoms with van der Waals surface area (Å²) in [5.74, 6) is -1.16. The molecule has 0 saturated heterocycles. The molecule has 0 unspecified atom stereocenters. The summed E-state index contributed by atoms with van der Waals surface area (Å²) in [5, 5.41) is 3.76. The molecule has 0 saturated carbocycles. The molecule has 0 bridgehead atoms. The number of hydrogen-bond acceptors (Lipinski definition) is 2. The summed E-state index contributed by atoms with van der Waals surface area (Å²) in [4.78, 5) is 0. The van der Waals surface area contributed by atoms with Gasteiger partial charge in [0.25, 0.3) is 0 Å². The maximum absolute atomic E-state index is 13.7. The minimum atomic E-state index is -0.925. The van der Waals surface area contributed by atoms with Crippen LogP contribution in [0.4, 0.5) is 8.78 Å². The van der Waals surface area contributed by atoms with Crippen LogP contribution in [0.2, 0.25) is 0 Å². The first-order valence-electron chi connectivity index (χ1n) is 5.88. The van der Waals surface area contributed by atoms with E-state index in [1.807, 2.05) is 13.8 Å². The molecule has 18 heavy (non-hydrogen) atoms. The molecule has 2 rings (SSSR count). The fourth-order valence-corrected chi connectivity index (χ4v) is 2.65. The van der Waals surface area contributed by atoms with Gasteiger partial charge in [0.15, 0.2) is 11.4 Å². The molecule has 0 fully saturated rings. The summed E-state index contributed by atoms with van der Waals surface area (Å²) < 4.78 is 33.1. The van der Waals surface area contributed by atoms with E-state index in [1.54, 1.807) is 0 Å².